The Labute approximate surface area is 117 Å². The molecule has 0 aliphatic carbocycles. The van der Waals surface area contributed by atoms with Crippen LogP contribution in [0, 0.1) is 0 Å². The highest BCUT2D eigenvalue weighted by molar-refractivity contribution is 5.90. The van der Waals surface area contributed by atoms with Crippen molar-refractivity contribution in [2.45, 2.75) is 19.8 Å². The van der Waals surface area contributed by atoms with Crippen LogP contribution in [-0.4, -0.2) is 26.3 Å². The largest absolute Gasteiger partial charge is 0.493 e. The molecule has 0 aliphatic heterocycles. The Morgan fingerprint density at radius 1 is 1.00 bits per heavy atom. The summed E-state index contributed by atoms with van der Waals surface area (Å²) in [6.07, 6.45) is 0. The van der Waals surface area contributed by atoms with Crippen LogP contribution < -0.4 is 19.6 Å². The van der Waals surface area contributed by atoms with Gasteiger partial charge in [0.05, 0.1) is 32.2 Å². The highest BCUT2D eigenvalue weighted by Crippen LogP contribution is 2.41. The second-order valence-corrected chi connectivity index (χ2v) is 4.81. The number of aromatic amines is 1. The highest BCUT2D eigenvalue weighted by Gasteiger charge is 2.19. The first-order valence-corrected chi connectivity index (χ1v) is 6.39. The number of hydrogen-bond donors (Lipinski definition) is 1. The van der Waals surface area contributed by atoms with E-state index in [1.165, 1.54) is 14.2 Å². The fourth-order valence-electron chi connectivity index (χ4n) is 2.22. The lowest BCUT2D eigenvalue weighted by Crippen LogP contribution is -2.09. The van der Waals surface area contributed by atoms with Crippen molar-refractivity contribution in [2.75, 3.05) is 21.3 Å². The van der Waals surface area contributed by atoms with Gasteiger partial charge in [-0.2, -0.15) is 0 Å². The summed E-state index contributed by atoms with van der Waals surface area (Å²) in [5, 5.41) is 0.467. The summed E-state index contributed by atoms with van der Waals surface area (Å²) in [7, 11) is 4.57. The second-order valence-electron chi connectivity index (χ2n) is 4.81. The predicted molar refractivity (Wildman–Crippen MR) is 78.3 cm³/mol. The number of pyridine rings is 1. The van der Waals surface area contributed by atoms with Crippen LogP contribution in [-0.2, 0) is 0 Å². The molecule has 0 saturated heterocycles. The van der Waals surface area contributed by atoms with E-state index in [4.69, 9.17) is 14.2 Å². The topological polar surface area (TPSA) is 60.6 Å². The Morgan fingerprint density at radius 2 is 1.65 bits per heavy atom. The van der Waals surface area contributed by atoms with Crippen molar-refractivity contribution in [1.29, 1.82) is 0 Å². The van der Waals surface area contributed by atoms with Crippen molar-refractivity contribution < 1.29 is 14.2 Å². The van der Waals surface area contributed by atoms with Gasteiger partial charge in [-0.05, 0) is 5.92 Å². The zero-order chi connectivity index (χ0) is 14.9. The van der Waals surface area contributed by atoms with Gasteiger partial charge in [0.25, 0.3) is 0 Å². The number of fused-ring (bicyclic) bond motifs is 1. The van der Waals surface area contributed by atoms with E-state index in [9.17, 15) is 4.79 Å². The third-order valence-electron chi connectivity index (χ3n) is 3.26. The van der Waals surface area contributed by atoms with Crippen LogP contribution in [0.2, 0.25) is 0 Å². The molecule has 0 bridgehead atoms. The molecule has 0 saturated carbocycles. The molecule has 20 heavy (non-hydrogen) atoms. The summed E-state index contributed by atoms with van der Waals surface area (Å²) < 4.78 is 15.9. The van der Waals surface area contributed by atoms with Gasteiger partial charge >= 0.3 is 0 Å². The normalized spacial score (nSPS) is 10.9. The molecule has 0 aliphatic rings. The average Bonchev–Trinajstić information content (AvgIpc) is 2.44. The Hall–Kier alpha value is -2.17. The maximum Gasteiger partial charge on any atom is 0.204 e. The number of aromatic nitrogens is 1. The summed E-state index contributed by atoms with van der Waals surface area (Å²) in [4.78, 5) is 15.6. The predicted octanol–water partition coefficient (Wildman–Crippen LogP) is 2.68. The smallest absolute Gasteiger partial charge is 0.204 e. The first-order valence-electron chi connectivity index (χ1n) is 6.39. The van der Waals surface area contributed by atoms with E-state index >= 15 is 0 Å². The number of ether oxygens (including phenoxy) is 3. The maximum atomic E-state index is 12.4. The fourth-order valence-corrected chi connectivity index (χ4v) is 2.22. The molecule has 0 fully saturated rings. The Bertz CT molecular complexity index is 688. The third kappa shape index (κ3) is 2.19. The van der Waals surface area contributed by atoms with Crippen molar-refractivity contribution >= 4 is 10.9 Å². The lowest BCUT2D eigenvalue weighted by molar-refractivity contribution is 0.327. The zero-order valence-corrected chi connectivity index (χ0v) is 12.4. The van der Waals surface area contributed by atoms with Gasteiger partial charge in [0.2, 0.25) is 5.75 Å². The minimum absolute atomic E-state index is 0.0970. The number of H-pyrrole nitrogens is 1. The van der Waals surface area contributed by atoms with Crippen LogP contribution in [0.5, 0.6) is 17.2 Å². The van der Waals surface area contributed by atoms with Crippen LogP contribution in [0.4, 0.5) is 0 Å². The van der Waals surface area contributed by atoms with Gasteiger partial charge in [-0.1, -0.05) is 13.8 Å². The van der Waals surface area contributed by atoms with Gasteiger partial charge in [0, 0.05) is 17.8 Å². The first kappa shape index (κ1) is 14.2. The molecule has 0 spiro atoms. The molecule has 2 rings (SSSR count). The van der Waals surface area contributed by atoms with Crippen molar-refractivity contribution in [3.63, 3.8) is 0 Å². The van der Waals surface area contributed by atoms with Gasteiger partial charge in [0.15, 0.2) is 16.9 Å². The van der Waals surface area contributed by atoms with E-state index in [0.29, 0.717) is 28.2 Å². The molecule has 1 aromatic heterocycles. The van der Waals surface area contributed by atoms with Crippen LogP contribution in [0.1, 0.15) is 25.5 Å². The summed E-state index contributed by atoms with van der Waals surface area (Å²) in [5.41, 5.74) is 1.45. The van der Waals surface area contributed by atoms with E-state index in [2.05, 4.69) is 4.98 Å². The van der Waals surface area contributed by atoms with Gasteiger partial charge in [-0.25, -0.2) is 0 Å². The van der Waals surface area contributed by atoms with Crippen molar-refractivity contribution in [1.82, 2.24) is 4.98 Å². The molecule has 0 atom stereocenters. The first-order chi connectivity index (χ1) is 9.53. The van der Waals surface area contributed by atoms with Crippen LogP contribution >= 0.6 is 0 Å². The van der Waals surface area contributed by atoms with Gasteiger partial charge in [0.1, 0.15) is 0 Å². The molecule has 0 radical (unpaired) electrons. The quantitative estimate of drug-likeness (QED) is 0.933. The van der Waals surface area contributed by atoms with E-state index in [0.717, 1.165) is 5.69 Å². The molecule has 2 aromatic rings. The van der Waals surface area contributed by atoms with E-state index in [1.54, 1.807) is 19.2 Å². The van der Waals surface area contributed by atoms with E-state index in [-0.39, 0.29) is 11.3 Å². The Kier molecular flexibility index (Phi) is 3.88. The Morgan fingerprint density at radius 3 is 2.15 bits per heavy atom. The molecule has 5 nitrogen and oxygen atoms in total. The molecular weight excluding hydrogens is 258 g/mol. The molecule has 0 unspecified atom stereocenters. The van der Waals surface area contributed by atoms with Crippen molar-refractivity contribution in [2.24, 2.45) is 0 Å². The van der Waals surface area contributed by atoms with Gasteiger partial charge in [-0.3, -0.25) is 4.79 Å². The number of methoxy groups -OCH3 is 3. The standard InChI is InChI=1S/C15H19NO4/c1-8(2)9-6-11(17)13-10(16-9)7-12(18-3)14(19-4)15(13)20-5/h6-8H,1-5H3,(H,16,17). The number of benzene rings is 1. The summed E-state index contributed by atoms with van der Waals surface area (Å²) in [6.45, 7) is 4.05. The Balaban J connectivity index is 2.91. The monoisotopic (exact) mass is 277 g/mol. The van der Waals surface area contributed by atoms with Crippen LogP contribution in [0.25, 0.3) is 10.9 Å². The molecule has 0 amide bonds. The number of rotatable bonds is 4. The van der Waals surface area contributed by atoms with Crippen LogP contribution in [0.3, 0.4) is 0 Å². The minimum atomic E-state index is -0.0970. The third-order valence-corrected chi connectivity index (χ3v) is 3.26. The molecule has 1 heterocycles. The molecular formula is C15H19NO4. The second kappa shape index (κ2) is 5.45. The minimum Gasteiger partial charge on any atom is -0.493 e. The van der Waals surface area contributed by atoms with Gasteiger partial charge in [-0.15, -0.1) is 0 Å². The van der Waals surface area contributed by atoms with Crippen molar-refractivity contribution in [3.05, 3.63) is 28.0 Å². The highest BCUT2D eigenvalue weighted by atomic mass is 16.5. The number of hydrogen-bond acceptors (Lipinski definition) is 4. The van der Waals surface area contributed by atoms with Crippen molar-refractivity contribution in [3.8, 4) is 17.2 Å². The fraction of sp³-hybridized carbons (Fsp3) is 0.400. The zero-order valence-electron chi connectivity index (χ0n) is 12.4. The summed E-state index contributed by atoms with van der Waals surface area (Å²) in [5.74, 6) is 1.56. The lowest BCUT2D eigenvalue weighted by Gasteiger charge is -2.15. The number of nitrogens with one attached hydrogen (secondary N) is 1. The van der Waals surface area contributed by atoms with E-state index in [1.807, 2.05) is 13.8 Å². The molecule has 5 heteroatoms. The average molecular weight is 277 g/mol. The SMILES string of the molecule is COc1cc2[nH]c(C(C)C)cc(=O)c2c(OC)c1OC. The summed E-state index contributed by atoms with van der Waals surface area (Å²) in [6, 6.07) is 3.35. The summed E-state index contributed by atoms with van der Waals surface area (Å²) >= 11 is 0. The van der Waals surface area contributed by atoms with E-state index < -0.39 is 0 Å². The van der Waals surface area contributed by atoms with Crippen LogP contribution in [0.15, 0.2) is 16.9 Å². The molecule has 1 aromatic carbocycles. The lowest BCUT2D eigenvalue weighted by atomic mass is 10.1. The molecule has 1 N–H and O–H groups in total. The van der Waals surface area contributed by atoms with Gasteiger partial charge < -0.3 is 19.2 Å². The molecule has 108 valence electrons. The maximum absolute atomic E-state index is 12.4.